The molecule has 2 unspecified atom stereocenters. The first kappa shape index (κ1) is 16.1. The van der Waals surface area contributed by atoms with Gasteiger partial charge in [-0.2, -0.15) is 0 Å². The summed E-state index contributed by atoms with van der Waals surface area (Å²) in [4.78, 5) is 14.4. The first-order valence-electron chi connectivity index (χ1n) is 8.43. The predicted octanol–water partition coefficient (Wildman–Crippen LogP) is 3.01. The third kappa shape index (κ3) is 3.11. The van der Waals surface area contributed by atoms with Crippen LogP contribution in [-0.2, 0) is 9.47 Å². The molecule has 1 aromatic carbocycles. The number of carbonyl (C=O) groups excluding carboxylic acids is 1. The highest BCUT2D eigenvalue weighted by atomic mass is 16.6. The molecule has 25 heavy (non-hydrogen) atoms. The highest BCUT2D eigenvalue weighted by molar-refractivity contribution is 5.81. The third-order valence-corrected chi connectivity index (χ3v) is 4.43. The van der Waals surface area contributed by atoms with E-state index >= 15 is 0 Å². The van der Waals surface area contributed by atoms with E-state index in [-0.39, 0.29) is 18.2 Å². The van der Waals surface area contributed by atoms with Gasteiger partial charge in [-0.3, -0.25) is 4.90 Å². The zero-order valence-electron chi connectivity index (χ0n) is 14.6. The molecule has 4 rings (SSSR count). The van der Waals surface area contributed by atoms with Gasteiger partial charge in [0.25, 0.3) is 0 Å². The number of fused-ring (bicyclic) bond motifs is 3. The van der Waals surface area contributed by atoms with Gasteiger partial charge in [0.1, 0.15) is 16.6 Å². The van der Waals surface area contributed by atoms with Crippen LogP contribution in [0.1, 0.15) is 32.8 Å². The monoisotopic (exact) mass is 343 g/mol. The summed E-state index contributed by atoms with van der Waals surface area (Å²) < 4.78 is 16.0. The SMILES string of the molecule is CC(C)(C)OC(=O)N1C2C=C(c3ccc4nonc4c3)CC1COC2. The number of aromatic nitrogens is 2. The van der Waals surface area contributed by atoms with Gasteiger partial charge in [-0.05, 0) is 60.8 Å². The topological polar surface area (TPSA) is 77.7 Å². The summed E-state index contributed by atoms with van der Waals surface area (Å²) in [6.07, 6.45) is 2.53. The number of nitrogens with zero attached hydrogens (tertiary/aromatic N) is 3. The maximum atomic E-state index is 12.6. The van der Waals surface area contributed by atoms with E-state index in [1.807, 2.05) is 43.9 Å². The van der Waals surface area contributed by atoms with Crippen LogP contribution in [0.3, 0.4) is 0 Å². The Morgan fingerprint density at radius 2 is 2.04 bits per heavy atom. The maximum Gasteiger partial charge on any atom is 0.411 e. The van der Waals surface area contributed by atoms with Crippen LogP contribution in [0.2, 0.25) is 0 Å². The minimum atomic E-state index is -0.513. The molecule has 1 aromatic heterocycles. The van der Waals surface area contributed by atoms with Crippen molar-refractivity contribution in [3.8, 4) is 0 Å². The van der Waals surface area contributed by atoms with E-state index in [0.29, 0.717) is 19.6 Å². The highest BCUT2D eigenvalue weighted by Gasteiger charge is 2.40. The van der Waals surface area contributed by atoms with Crippen LogP contribution >= 0.6 is 0 Å². The van der Waals surface area contributed by atoms with Crippen LogP contribution in [0.4, 0.5) is 4.79 Å². The lowest BCUT2D eigenvalue weighted by Crippen LogP contribution is -2.57. The number of benzene rings is 1. The standard InChI is InChI=1S/C18H21N3O4/c1-18(2,3)24-17(22)21-13-6-12(7-14(21)10-23-9-13)11-4-5-15-16(8-11)20-25-19-15/h4-6,8,13-14H,7,9-10H2,1-3H3. The fourth-order valence-corrected chi connectivity index (χ4v) is 3.39. The zero-order chi connectivity index (χ0) is 17.6. The van der Waals surface area contributed by atoms with E-state index in [1.54, 1.807) is 0 Å². The van der Waals surface area contributed by atoms with Crippen molar-refractivity contribution >= 4 is 22.7 Å². The van der Waals surface area contributed by atoms with Crippen molar-refractivity contribution in [2.24, 2.45) is 0 Å². The molecule has 2 atom stereocenters. The average molecular weight is 343 g/mol. The molecular formula is C18H21N3O4. The smallest absolute Gasteiger partial charge is 0.411 e. The van der Waals surface area contributed by atoms with E-state index in [0.717, 1.165) is 16.6 Å². The summed E-state index contributed by atoms with van der Waals surface area (Å²) in [5, 5.41) is 7.74. The lowest BCUT2D eigenvalue weighted by atomic mass is 9.90. The molecule has 1 amide bonds. The number of amides is 1. The molecule has 2 aliphatic heterocycles. The molecule has 132 valence electrons. The largest absolute Gasteiger partial charge is 0.444 e. The second kappa shape index (κ2) is 5.84. The molecule has 1 fully saturated rings. The first-order valence-corrected chi connectivity index (χ1v) is 8.43. The quantitative estimate of drug-likeness (QED) is 0.792. The van der Waals surface area contributed by atoms with Crippen molar-refractivity contribution in [3.63, 3.8) is 0 Å². The Kier molecular flexibility index (Phi) is 3.76. The van der Waals surface area contributed by atoms with E-state index in [1.165, 1.54) is 5.57 Å². The van der Waals surface area contributed by atoms with Gasteiger partial charge in [-0.1, -0.05) is 12.1 Å². The minimum absolute atomic E-state index is 0.0280. The summed E-state index contributed by atoms with van der Waals surface area (Å²) in [5.41, 5.74) is 3.21. The Morgan fingerprint density at radius 1 is 1.24 bits per heavy atom. The van der Waals surface area contributed by atoms with E-state index in [9.17, 15) is 4.79 Å². The van der Waals surface area contributed by atoms with Gasteiger partial charge in [-0.15, -0.1) is 0 Å². The lowest BCUT2D eigenvalue weighted by Gasteiger charge is -2.44. The van der Waals surface area contributed by atoms with E-state index in [4.69, 9.17) is 14.1 Å². The molecule has 2 aliphatic rings. The van der Waals surface area contributed by atoms with Gasteiger partial charge in [0, 0.05) is 0 Å². The third-order valence-electron chi connectivity index (χ3n) is 4.43. The summed E-state index contributed by atoms with van der Waals surface area (Å²) in [6.45, 7) is 6.63. The molecule has 1 saturated heterocycles. The van der Waals surface area contributed by atoms with Gasteiger partial charge < -0.3 is 9.47 Å². The number of carbonyl (C=O) groups is 1. The number of hydrogen-bond acceptors (Lipinski definition) is 6. The van der Waals surface area contributed by atoms with Gasteiger partial charge >= 0.3 is 6.09 Å². The van der Waals surface area contributed by atoms with Gasteiger partial charge in [0.15, 0.2) is 0 Å². The van der Waals surface area contributed by atoms with Crippen LogP contribution in [0.15, 0.2) is 28.9 Å². The fourth-order valence-electron chi connectivity index (χ4n) is 3.39. The predicted molar refractivity (Wildman–Crippen MR) is 90.9 cm³/mol. The number of morpholine rings is 1. The van der Waals surface area contributed by atoms with Crippen LogP contribution in [0.5, 0.6) is 0 Å². The fraction of sp³-hybridized carbons (Fsp3) is 0.500. The maximum absolute atomic E-state index is 12.6. The summed E-state index contributed by atoms with van der Waals surface area (Å²) >= 11 is 0. The zero-order valence-corrected chi connectivity index (χ0v) is 14.6. The van der Waals surface area contributed by atoms with Gasteiger partial charge in [0.05, 0.1) is 25.3 Å². The molecular weight excluding hydrogens is 322 g/mol. The molecule has 0 radical (unpaired) electrons. The van der Waals surface area contributed by atoms with Crippen molar-refractivity contribution < 1.29 is 18.9 Å². The van der Waals surface area contributed by atoms with Crippen LogP contribution in [0, 0.1) is 0 Å². The van der Waals surface area contributed by atoms with Gasteiger partial charge in [-0.25, -0.2) is 9.42 Å². The van der Waals surface area contributed by atoms with Crippen molar-refractivity contribution in [2.45, 2.75) is 44.9 Å². The normalized spacial score (nSPS) is 23.5. The van der Waals surface area contributed by atoms with E-state index < -0.39 is 5.60 Å². The number of ether oxygens (including phenoxy) is 2. The van der Waals surface area contributed by atoms with Crippen LogP contribution < -0.4 is 0 Å². The second-order valence-corrected chi connectivity index (χ2v) is 7.51. The summed E-state index contributed by atoms with van der Waals surface area (Å²) in [7, 11) is 0. The highest BCUT2D eigenvalue weighted by Crippen LogP contribution is 2.34. The Bertz CT molecular complexity index is 836. The molecule has 2 bridgehead atoms. The molecule has 0 aliphatic carbocycles. The summed E-state index contributed by atoms with van der Waals surface area (Å²) in [6, 6.07) is 5.73. The molecule has 7 nitrogen and oxygen atoms in total. The second-order valence-electron chi connectivity index (χ2n) is 7.51. The van der Waals surface area contributed by atoms with Crippen molar-refractivity contribution in [3.05, 3.63) is 29.8 Å². The van der Waals surface area contributed by atoms with Crippen molar-refractivity contribution in [1.82, 2.24) is 15.2 Å². The van der Waals surface area contributed by atoms with E-state index in [2.05, 4.69) is 16.4 Å². The summed E-state index contributed by atoms with van der Waals surface area (Å²) in [5.74, 6) is 0. The molecule has 3 heterocycles. The van der Waals surface area contributed by atoms with Crippen LogP contribution in [0.25, 0.3) is 16.6 Å². The first-order chi connectivity index (χ1) is 11.9. The lowest BCUT2D eigenvalue weighted by molar-refractivity contribution is -0.0510. The number of hydrogen-bond donors (Lipinski definition) is 0. The molecule has 0 N–H and O–H groups in total. The molecule has 0 spiro atoms. The van der Waals surface area contributed by atoms with Gasteiger partial charge in [0.2, 0.25) is 0 Å². The molecule has 2 aromatic rings. The van der Waals surface area contributed by atoms with Crippen molar-refractivity contribution in [2.75, 3.05) is 13.2 Å². The Labute approximate surface area is 145 Å². The van der Waals surface area contributed by atoms with Crippen molar-refractivity contribution in [1.29, 1.82) is 0 Å². The minimum Gasteiger partial charge on any atom is -0.444 e. The Morgan fingerprint density at radius 3 is 2.80 bits per heavy atom. The molecule has 0 saturated carbocycles. The Balaban J connectivity index is 1.63. The number of rotatable bonds is 1. The average Bonchev–Trinajstić information content (AvgIpc) is 2.99. The molecule has 7 heteroatoms. The van der Waals surface area contributed by atoms with Crippen LogP contribution in [-0.4, -0.2) is 52.2 Å². The Hall–Kier alpha value is -2.41.